The Kier molecular flexibility index (Phi) is 4.62. The van der Waals surface area contributed by atoms with Crippen molar-refractivity contribution in [2.75, 3.05) is 0 Å². The normalized spacial score (nSPS) is 10.6. The molecule has 24 heavy (non-hydrogen) atoms. The monoisotopic (exact) mass is 326 g/mol. The zero-order valence-corrected chi connectivity index (χ0v) is 12.7. The summed E-state index contributed by atoms with van der Waals surface area (Å²) in [5, 5.41) is 15.9. The Bertz CT molecular complexity index is 850. The van der Waals surface area contributed by atoms with E-state index < -0.39 is 5.82 Å². The van der Waals surface area contributed by atoms with E-state index in [1.165, 1.54) is 18.3 Å². The number of benzene rings is 1. The summed E-state index contributed by atoms with van der Waals surface area (Å²) in [5.74, 6) is -0.819. The van der Waals surface area contributed by atoms with Crippen molar-refractivity contribution < 1.29 is 14.3 Å². The minimum atomic E-state index is -0.471. The number of carbonyl (C=O) groups is 1. The van der Waals surface area contributed by atoms with Gasteiger partial charge in [-0.1, -0.05) is 6.07 Å². The predicted molar refractivity (Wildman–Crippen MR) is 84.9 cm³/mol. The lowest BCUT2D eigenvalue weighted by molar-refractivity contribution is 0.0946. The molecule has 122 valence electrons. The lowest BCUT2D eigenvalue weighted by Crippen LogP contribution is -2.24. The van der Waals surface area contributed by atoms with E-state index in [1.807, 2.05) is 0 Å². The number of carbonyl (C=O) groups excluding carboxylic acids is 1. The van der Waals surface area contributed by atoms with Gasteiger partial charge in [-0.05, 0) is 35.9 Å². The van der Waals surface area contributed by atoms with Gasteiger partial charge in [0.05, 0.1) is 12.3 Å². The van der Waals surface area contributed by atoms with E-state index in [2.05, 4.69) is 15.4 Å². The van der Waals surface area contributed by atoms with Gasteiger partial charge in [0.2, 0.25) is 0 Å². The summed E-state index contributed by atoms with van der Waals surface area (Å²) in [5.41, 5.74) is 1.87. The Morgan fingerprint density at radius 3 is 2.88 bits per heavy atom. The van der Waals surface area contributed by atoms with Gasteiger partial charge < -0.3 is 10.4 Å². The minimum absolute atomic E-state index is 0.195. The van der Waals surface area contributed by atoms with Crippen LogP contribution in [0.15, 0.2) is 55.0 Å². The molecule has 3 aromatic rings. The zero-order chi connectivity index (χ0) is 16.9. The number of amides is 1. The van der Waals surface area contributed by atoms with Crippen molar-refractivity contribution in [1.29, 1.82) is 0 Å². The fourth-order valence-electron chi connectivity index (χ4n) is 2.24. The van der Waals surface area contributed by atoms with Crippen LogP contribution >= 0.6 is 0 Å². The molecule has 0 saturated heterocycles. The number of hydrogen-bond donors (Lipinski definition) is 2. The Morgan fingerprint density at radius 1 is 1.25 bits per heavy atom. The van der Waals surface area contributed by atoms with Crippen molar-refractivity contribution in [3.63, 3.8) is 0 Å². The second-order valence-corrected chi connectivity index (χ2v) is 5.12. The smallest absolute Gasteiger partial charge is 0.270 e. The van der Waals surface area contributed by atoms with Gasteiger partial charge in [0.15, 0.2) is 0 Å². The Hall–Kier alpha value is -3.06. The maximum atomic E-state index is 13.3. The molecule has 0 atom stereocenters. The summed E-state index contributed by atoms with van der Waals surface area (Å²) < 4.78 is 15.0. The van der Waals surface area contributed by atoms with Crippen LogP contribution in [0.5, 0.6) is 0 Å². The number of rotatable bonds is 5. The van der Waals surface area contributed by atoms with Gasteiger partial charge in [-0.25, -0.2) is 9.07 Å². The maximum absolute atomic E-state index is 13.3. The Morgan fingerprint density at radius 2 is 2.12 bits per heavy atom. The van der Waals surface area contributed by atoms with E-state index in [4.69, 9.17) is 5.11 Å². The van der Waals surface area contributed by atoms with Gasteiger partial charge in [-0.3, -0.25) is 9.78 Å². The quantitative estimate of drug-likeness (QED) is 0.749. The first kappa shape index (κ1) is 15.8. The Labute approximate surface area is 137 Å². The SMILES string of the molecule is O=C(NCc1ccc(F)c(CO)c1)c1cc(-n2cccn2)ccn1. The van der Waals surface area contributed by atoms with Crippen LogP contribution in [0.3, 0.4) is 0 Å². The molecule has 0 spiro atoms. The summed E-state index contributed by atoms with van der Waals surface area (Å²) in [6, 6.07) is 9.51. The second kappa shape index (κ2) is 7.01. The van der Waals surface area contributed by atoms with E-state index in [9.17, 15) is 9.18 Å². The molecule has 7 heteroatoms. The van der Waals surface area contributed by atoms with Crippen molar-refractivity contribution in [2.24, 2.45) is 0 Å². The van der Waals surface area contributed by atoms with E-state index in [1.54, 1.807) is 41.3 Å². The Balaban J connectivity index is 1.70. The summed E-state index contributed by atoms with van der Waals surface area (Å²) >= 11 is 0. The van der Waals surface area contributed by atoms with Crippen molar-refractivity contribution in [3.05, 3.63) is 77.6 Å². The lowest BCUT2D eigenvalue weighted by Gasteiger charge is -2.08. The van der Waals surface area contributed by atoms with Crippen LogP contribution in [-0.2, 0) is 13.2 Å². The molecular formula is C17H15FN4O2. The molecule has 2 aromatic heterocycles. The highest BCUT2D eigenvalue weighted by Crippen LogP contribution is 2.11. The van der Waals surface area contributed by atoms with Crippen LogP contribution in [0.4, 0.5) is 4.39 Å². The molecule has 3 rings (SSSR count). The van der Waals surface area contributed by atoms with E-state index in [0.29, 0.717) is 5.56 Å². The summed E-state index contributed by atoms with van der Waals surface area (Å²) in [7, 11) is 0. The highest BCUT2D eigenvalue weighted by Gasteiger charge is 2.09. The molecule has 0 bridgehead atoms. The van der Waals surface area contributed by atoms with Crippen molar-refractivity contribution in [1.82, 2.24) is 20.1 Å². The lowest BCUT2D eigenvalue weighted by atomic mass is 10.1. The predicted octanol–water partition coefficient (Wildman–Crippen LogP) is 1.83. The van der Waals surface area contributed by atoms with Gasteiger partial charge in [0.25, 0.3) is 5.91 Å². The zero-order valence-electron chi connectivity index (χ0n) is 12.7. The van der Waals surface area contributed by atoms with Gasteiger partial charge in [-0.15, -0.1) is 0 Å². The molecule has 1 aromatic carbocycles. The standard InChI is InChI=1S/C17H15FN4O2/c18-15-3-2-12(8-13(15)11-23)10-20-17(24)16-9-14(4-6-19-16)22-7-1-5-21-22/h1-9,23H,10-11H2,(H,20,24). The fraction of sp³-hybridized carbons (Fsp3) is 0.118. The third kappa shape index (κ3) is 3.47. The van der Waals surface area contributed by atoms with Crippen LogP contribution in [-0.4, -0.2) is 25.8 Å². The number of pyridine rings is 1. The van der Waals surface area contributed by atoms with Crippen LogP contribution in [0.1, 0.15) is 21.6 Å². The molecule has 0 radical (unpaired) electrons. The largest absolute Gasteiger partial charge is 0.392 e. The molecule has 0 aliphatic rings. The first-order valence-corrected chi connectivity index (χ1v) is 7.30. The van der Waals surface area contributed by atoms with Crippen LogP contribution in [0, 0.1) is 5.82 Å². The minimum Gasteiger partial charge on any atom is -0.392 e. The summed E-state index contributed by atoms with van der Waals surface area (Å²) in [4.78, 5) is 16.3. The third-order valence-corrected chi connectivity index (χ3v) is 3.48. The molecule has 2 N–H and O–H groups in total. The van der Waals surface area contributed by atoms with Gasteiger partial charge >= 0.3 is 0 Å². The van der Waals surface area contributed by atoms with E-state index >= 15 is 0 Å². The highest BCUT2D eigenvalue weighted by molar-refractivity contribution is 5.92. The topological polar surface area (TPSA) is 80.0 Å². The van der Waals surface area contributed by atoms with Gasteiger partial charge in [-0.2, -0.15) is 5.10 Å². The van der Waals surface area contributed by atoms with Crippen LogP contribution < -0.4 is 5.32 Å². The number of aromatic nitrogens is 3. The van der Waals surface area contributed by atoms with Crippen molar-refractivity contribution in [2.45, 2.75) is 13.2 Å². The molecule has 1 amide bonds. The van der Waals surface area contributed by atoms with Crippen molar-refractivity contribution in [3.8, 4) is 5.69 Å². The molecule has 0 aliphatic carbocycles. The maximum Gasteiger partial charge on any atom is 0.270 e. The highest BCUT2D eigenvalue weighted by atomic mass is 19.1. The van der Waals surface area contributed by atoms with Crippen LogP contribution in [0.25, 0.3) is 5.69 Å². The molecule has 0 fully saturated rings. The number of nitrogens with zero attached hydrogens (tertiary/aromatic N) is 3. The van der Waals surface area contributed by atoms with E-state index in [0.717, 1.165) is 5.69 Å². The number of nitrogens with one attached hydrogen (secondary N) is 1. The molecule has 0 aliphatic heterocycles. The third-order valence-electron chi connectivity index (χ3n) is 3.48. The second-order valence-electron chi connectivity index (χ2n) is 5.12. The van der Waals surface area contributed by atoms with Gasteiger partial charge in [0, 0.05) is 30.7 Å². The van der Waals surface area contributed by atoms with Gasteiger partial charge in [0.1, 0.15) is 11.5 Å². The number of aliphatic hydroxyl groups is 1. The van der Waals surface area contributed by atoms with Crippen molar-refractivity contribution >= 4 is 5.91 Å². The number of aliphatic hydroxyl groups excluding tert-OH is 1. The first-order chi connectivity index (χ1) is 11.7. The average Bonchev–Trinajstić information content (AvgIpc) is 3.15. The molecular weight excluding hydrogens is 311 g/mol. The molecule has 2 heterocycles. The van der Waals surface area contributed by atoms with Crippen LogP contribution in [0.2, 0.25) is 0 Å². The van der Waals surface area contributed by atoms with E-state index in [-0.39, 0.29) is 30.3 Å². The fourth-order valence-corrected chi connectivity index (χ4v) is 2.24. The number of halogens is 1. The summed E-state index contributed by atoms with van der Waals surface area (Å²) in [6.45, 7) is -0.180. The average molecular weight is 326 g/mol. The first-order valence-electron chi connectivity index (χ1n) is 7.30. The summed E-state index contributed by atoms with van der Waals surface area (Å²) in [6.07, 6.45) is 4.95. The molecule has 6 nitrogen and oxygen atoms in total. The number of hydrogen-bond acceptors (Lipinski definition) is 4. The molecule has 0 unspecified atom stereocenters. The molecule has 0 saturated carbocycles.